The second-order valence-electron chi connectivity index (χ2n) is 5.21. The van der Waals surface area contributed by atoms with Crippen molar-refractivity contribution in [2.45, 2.75) is 53.0 Å². The van der Waals surface area contributed by atoms with Crippen LogP contribution in [0.5, 0.6) is 11.5 Å². The normalized spacial score (nSPS) is 12.5. The third kappa shape index (κ3) is 5.21. The summed E-state index contributed by atoms with van der Waals surface area (Å²) >= 11 is 0. The maximum absolute atomic E-state index is 5.76. The molecule has 0 heterocycles. The summed E-state index contributed by atoms with van der Waals surface area (Å²) < 4.78 is 11.3. The van der Waals surface area contributed by atoms with E-state index >= 15 is 0 Å². The molecule has 1 atom stereocenters. The molecule has 3 N–H and O–H groups in total. The molecule has 0 saturated heterocycles. The van der Waals surface area contributed by atoms with E-state index in [1.807, 2.05) is 26.0 Å². The minimum absolute atomic E-state index is 0.143. The fraction of sp³-hybridized carbons (Fsp3) is 0.647. The molecule has 0 aliphatic heterocycles. The van der Waals surface area contributed by atoms with Crippen LogP contribution >= 0.6 is 0 Å². The zero-order valence-electron chi connectivity index (χ0n) is 13.8. The van der Waals surface area contributed by atoms with Gasteiger partial charge in [0.05, 0.1) is 13.2 Å². The third-order valence-electron chi connectivity index (χ3n) is 3.89. The molecular formula is C17H30N2O2. The molecule has 1 aromatic rings. The van der Waals surface area contributed by atoms with E-state index in [9.17, 15) is 0 Å². The zero-order valence-corrected chi connectivity index (χ0v) is 13.8. The van der Waals surface area contributed by atoms with Gasteiger partial charge in [0, 0.05) is 6.04 Å². The highest BCUT2D eigenvalue weighted by atomic mass is 16.5. The summed E-state index contributed by atoms with van der Waals surface area (Å²) in [6, 6.07) is 6.23. The van der Waals surface area contributed by atoms with E-state index in [4.69, 9.17) is 15.3 Å². The van der Waals surface area contributed by atoms with Gasteiger partial charge in [0.2, 0.25) is 0 Å². The van der Waals surface area contributed by atoms with Gasteiger partial charge >= 0.3 is 0 Å². The molecule has 4 heteroatoms. The molecule has 0 aliphatic rings. The van der Waals surface area contributed by atoms with Crippen LogP contribution in [0.15, 0.2) is 18.2 Å². The Morgan fingerprint density at radius 2 is 1.62 bits per heavy atom. The predicted molar refractivity (Wildman–Crippen MR) is 87.5 cm³/mol. The summed E-state index contributed by atoms with van der Waals surface area (Å²) in [7, 11) is 0. The second kappa shape index (κ2) is 9.64. The molecule has 0 aliphatic carbocycles. The summed E-state index contributed by atoms with van der Waals surface area (Å²) in [4.78, 5) is 0. The number of hydrogen-bond donors (Lipinski definition) is 2. The van der Waals surface area contributed by atoms with E-state index in [2.05, 4.69) is 25.3 Å². The molecule has 0 bridgehead atoms. The Balaban J connectivity index is 2.95. The van der Waals surface area contributed by atoms with Crippen LogP contribution in [0.3, 0.4) is 0 Å². The summed E-state index contributed by atoms with van der Waals surface area (Å²) in [6.07, 6.45) is 3.37. The van der Waals surface area contributed by atoms with Crippen molar-refractivity contribution < 1.29 is 9.47 Å². The van der Waals surface area contributed by atoms with Gasteiger partial charge < -0.3 is 9.47 Å². The average molecular weight is 294 g/mol. The lowest BCUT2D eigenvalue weighted by molar-refractivity contribution is 0.286. The summed E-state index contributed by atoms with van der Waals surface area (Å²) in [5.41, 5.74) is 4.09. The highest BCUT2D eigenvalue weighted by Gasteiger charge is 2.17. The SMILES string of the molecule is CCOc1ccc(C(CC(CC)CC)NN)cc1OCC. The van der Waals surface area contributed by atoms with Crippen molar-refractivity contribution in [1.29, 1.82) is 0 Å². The first-order chi connectivity index (χ1) is 10.2. The van der Waals surface area contributed by atoms with Crippen LogP contribution in [-0.4, -0.2) is 13.2 Å². The van der Waals surface area contributed by atoms with Crippen LogP contribution in [0.4, 0.5) is 0 Å². The number of ether oxygens (including phenoxy) is 2. The number of nitrogens with two attached hydrogens (primary N) is 1. The van der Waals surface area contributed by atoms with Crippen LogP contribution in [0.1, 0.15) is 58.6 Å². The van der Waals surface area contributed by atoms with Crippen LogP contribution in [0, 0.1) is 5.92 Å². The molecule has 4 nitrogen and oxygen atoms in total. The molecule has 0 amide bonds. The van der Waals surface area contributed by atoms with Gasteiger partial charge in [-0.3, -0.25) is 11.3 Å². The van der Waals surface area contributed by atoms with E-state index in [0.717, 1.165) is 23.5 Å². The second-order valence-corrected chi connectivity index (χ2v) is 5.21. The van der Waals surface area contributed by atoms with Crippen LogP contribution in [-0.2, 0) is 0 Å². The predicted octanol–water partition coefficient (Wildman–Crippen LogP) is 3.81. The van der Waals surface area contributed by atoms with E-state index in [0.29, 0.717) is 19.1 Å². The van der Waals surface area contributed by atoms with Crippen LogP contribution in [0.2, 0.25) is 0 Å². The molecule has 1 rings (SSSR count). The monoisotopic (exact) mass is 294 g/mol. The fourth-order valence-corrected chi connectivity index (χ4v) is 2.54. The summed E-state index contributed by atoms with van der Waals surface area (Å²) in [5.74, 6) is 8.02. The largest absolute Gasteiger partial charge is 0.490 e. The highest BCUT2D eigenvalue weighted by molar-refractivity contribution is 5.44. The van der Waals surface area contributed by atoms with E-state index in [1.165, 1.54) is 12.8 Å². The lowest BCUT2D eigenvalue weighted by Crippen LogP contribution is -2.29. The lowest BCUT2D eigenvalue weighted by Gasteiger charge is -2.22. The van der Waals surface area contributed by atoms with Gasteiger partial charge in [-0.2, -0.15) is 0 Å². The van der Waals surface area contributed by atoms with Gasteiger partial charge in [0.1, 0.15) is 0 Å². The topological polar surface area (TPSA) is 56.5 Å². The van der Waals surface area contributed by atoms with Crippen molar-refractivity contribution in [3.63, 3.8) is 0 Å². The van der Waals surface area contributed by atoms with E-state index < -0.39 is 0 Å². The van der Waals surface area contributed by atoms with Crippen molar-refractivity contribution in [1.82, 2.24) is 5.43 Å². The van der Waals surface area contributed by atoms with E-state index in [1.54, 1.807) is 0 Å². The number of rotatable bonds is 10. The summed E-state index contributed by atoms with van der Waals surface area (Å²) in [6.45, 7) is 9.66. The molecule has 1 aromatic carbocycles. The Morgan fingerprint density at radius 1 is 1.00 bits per heavy atom. The molecule has 1 unspecified atom stereocenters. The maximum Gasteiger partial charge on any atom is 0.161 e. The van der Waals surface area contributed by atoms with Gasteiger partial charge in [-0.25, -0.2) is 0 Å². The van der Waals surface area contributed by atoms with Gasteiger partial charge in [-0.15, -0.1) is 0 Å². The smallest absolute Gasteiger partial charge is 0.161 e. The highest BCUT2D eigenvalue weighted by Crippen LogP contribution is 2.33. The molecule has 0 aromatic heterocycles. The Bertz CT molecular complexity index is 406. The third-order valence-corrected chi connectivity index (χ3v) is 3.89. The van der Waals surface area contributed by atoms with Gasteiger partial charge in [0.25, 0.3) is 0 Å². The standard InChI is InChI=1S/C17H30N2O2/c1-5-13(6-2)11-15(19-18)14-9-10-16(20-7-3)17(12-14)21-8-4/h9-10,12-13,15,19H,5-8,11,18H2,1-4H3. The first-order valence-corrected chi connectivity index (χ1v) is 8.05. The Morgan fingerprint density at radius 3 is 2.14 bits per heavy atom. The number of nitrogens with one attached hydrogen (secondary N) is 1. The Kier molecular flexibility index (Phi) is 8.16. The molecular weight excluding hydrogens is 264 g/mol. The fourth-order valence-electron chi connectivity index (χ4n) is 2.54. The van der Waals surface area contributed by atoms with Crippen molar-refractivity contribution >= 4 is 0 Å². The van der Waals surface area contributed by atoms with Crippen molar-refractivity contribution in [2.75, 3.05) is 13.2 Å². The number of benzene rings is 1. The summed E-state index contributed by atoms with van der Waals surface area (Å²) in [5, 5.41) is 0. The minimum atomic E-state index is 0.143. The van der Waals surface area contributed by atoms with Crippen molar-refractivity contribution in [3.8, 4) is 11.5 Å². The Hall–Kier alpha value is -1.26. The van der Waals surface area contributed by atoms with Crippen LogP contribution < -0.4 is 20.7 Å². The van der Waals surface area contributed by atoms with Crippen molar-refractivity contribution in [3.05, 3.63) is 23.8 Å². The molecule has 0 spiro atoms. The Labute approximate surface area is 129 Å². The molecule has 21 heavy (non-hydrogen) atoms. The number of hydrazine groups is 1. The molecule has 0 saturated carbocycles. The lowest BCUT2D eigenvalue weighted by atomic mass is 9.91. The zero-order chi connectivity index (χ0) is 15.7. The van der Waals surface area contributed by atoms with Crippen molar-refractivity contribution in [2.24, 2.45) is 11.8 Å². The average Bonchev–Trinajstić information content (AvgIpc) is 2.51. The first-order valence-electron chi connectivity index (χ1n) is 8.05. The van der Waals surface area contributed by atoms with Gasteiger partial charge in [-0.1, -0.05) is 32.8 Å². The molecule has 0 fully saturated rings. The van der Waals surface area contributed by atoms with Crippen LogP contribution in [0.25, 0.3) is 0 Å². The molecule has 120 valence electrons. The maximum atomic E-state index is 5.76. The van der Waals surface area contributed by atoms with Gasteiger partial charge in [0.15, 0.2) is 11.5 Å². The van der Waals surface area contributed by atoms with Gasteiger partial charge in [-0.05, 0) is 43.9 Å². The number of hydrogen-bond acceptors (Lipinski definition) is 4. The van der Waals surface area contributed by atoms with E-state index in [-0.39, 0.29) is 6.04 Å². The molecule has 0 radical (unpaired) electrons. The quantitative estimate of drug-likeness (QED) is 0.509. The minimum Gasteiger partial charge on any atom is -0.490 e. The first kappa shape index (κ1) is 17.8.